The first-order chi connectivity index (χ1) is 13.2. The molecule has 0 amide bonds. The molecule has 0 N–H and O–H groups in total. The van der Waals surface area contributed by atoms with Crippen LogP contribution in [0, 0.1) is 5.92 Å². The number of halogens is 2. The van der Waals surface area contributed by atoms with Crippen LogP contribution in [0.25, 0.3) is 11.1 Å². The zero-order valence-corrected chi connectivity index (χ0v) is 16.5. The van der Waals surface area contributed by atoms with Gasteiger partial charge in [-0.2, -0.15) is 0 Å². The van der Waals surface area contributed by atoms with Gasteiger partial charge in [0.2, 0.25) is 6.43 Å². The first kappa shape index (κ1) is 20.0. The number of rotatable bonds is 8. The Kier molecular flexibility index (Phi) is 7.43. The lowest BCUT2D eigenvalue weighted by molar-refractivity contribution is 0.0528. The van der Waals surface area contributed by atoms with Gasteiger partial charge in [0.1, 0.15) is 0 Å². The van der Waals surface area contributed by atoms with Gasteiger partial charge in [-0.25, -0.2) is 8.78 Å². The van der Waals surface area contributed by atoms with Crippen molar-refractivity contribution in [3.8, 4) is 11.1 Å². The van der Waals surface area contributed by atoms with Crippen LogP contribution >= 0.6 is 0 Å². The molecule has 0 saturated heterocycles. The van der Waals surface area contributed by atoms with E-state index in [1.54, 1.807) is 0 Å². The molecule has 1 aliphatic carbocycles. The molecule has 3 rings (SSSR count). The Balaban J connectivity index is 1.56. The molecule has 0 bridgehead atoms. The van der Waals surface area contributed by atoms with E-state index in [-0.39, 0.29) is 5.92 Å². The Morgan fingerprint density at radius 1 is 0.778 bits per heavy atom. The van der Waals surface area contributed by atoms with Gasteiger partial charge in [0.15, 0.2) is 0 Å². The molecular formula is C25H32F2. The van der Waals surface area contributed by atoms with Crippen molar-refractivity contribution in [2.24, 2.45) is 5.92 Å². The minimum atomic E-state index is -2.15. The smallest absolute Gasteiger partial charge is 0.210 e. The number of aryl methyl sites for hydroxylation is 1. The molecule has 0 radical (unpaired) electrons. The summed E-state index contributed by atoms with van der Waals surface area (Å²) in [5, 5.41) is 0. The quantitative estimate of drug-likeness (QED) is 0.413. The zero-order valence-electron chi connectivity index (χ0n) is 16.5. The molecule has 2 aromatic rings. The maximum atomic E-state index is 12.8. The van der Waals surface area contributed by atoms with Crippen LogP contribution in [0.2, 0.25) is 0 Å². The Hall–Kier alpha value is -1.70. The van der Waals surface area contributed by atoms with E-state index in [0.29, 0.717) is 18.8 Å². The molecule has 0 nitrogen and oxygen atoms in total. The molecule has 0 aromatic heterocycles. The second-order valence-electron chi connectivity index (χ2n) is 8.08. The van der Waals surface area contributed by atoms with Crippen LogP contribution in [0.1, 0.15) is 75.3 Å². The van der Waals surface area contributed by atoms with Crippen LogP contribution in [-0.2, 0) is 6.42 Å². The fourth-order valence-corrected chi connectivity index (χ4v) is 4.27. The molecule has 2 aromatic carbocycles. The van der Waals surface area contributed by atoms with E-state index < -0.39 is 6.43 Å². The topological polar surface area (TPSA) is 0 Å². The SMILES string of the molecule is CCCCCCc1ccc(-c2ccc([C@H]3CC[C@H](C(F)F)CC3)cc2)cc1. The molecule has 0 spiro atoms. The summed E-state index contributed by atoms with van der Waals surface area (Å²) in [6.07, 6.45) is 7.31. The van der Waals surface area contributed by atoms with Crippen molar-refractivity contribution >= 4 is 0 Å². The predicted octanol–water partition coefficient (Wildman–Crippen LogP) is 8.02. The highest BCUT2D eigenvalue weighted by Crippen LogP contribution is 2.38. The largest absolute Gasteiger partial charge is 0.241 e. The molecule has 0 aliphatic heterocycles. The molecule has 0 unspecified atom stereocenters. The van der Waals surface area contributed by atoms with E-state index >= 15 is 0 Å². The molecule has 146 valence electrons. The van der Waals surface area contributed by atoms with Crippen LogP contribution in [0.4, 0.5) is 8.78 Å². The molecule has 0 heterocycles. The van der Waals surface area contributed by atoms with E-state index in [4.69, 9.17) is 0 Å². The highest BCUT2D eigenvalue weighted by atomic mass is 19.3. The Morgan fingerprint density at radius 2 is 1.37 bits per heavy atom. The normalized spacial score (nSPS) is 20.1. The maximum Gasteiger partial charge on any atom is 0.241 e. The van der Waals surface area contributed by atoms with Crippen LogP contribution in [0.15, 0.2) is 48.5 Å². The van der Waals surface area contributed by atoms with Gasteiger partial charge in [-0.3, -0.25) is 0 Å². The molecule has 2 heteroatoms. The number of hydrogen-bond acceptors (Lipinski definition) is 0. The maximum absolute atomic E-state index is 12.8. The zero-order chi connectivity index (χ0) is 19.1. The van der Waals surface area contributed by atoms with Crippen molar-refractivity contribution in [2.45, 2.75) is 77.1 Å². The Labute approximate surface area is 163 Å². The summed E-state index contributed by atoms with van der Waals surface area (Å²) < 4.78 is 25.6. The van der Waals surface area contributed by atoms with E-state index in [1.165, 1.54) is 54.4 Å². The van der Waals surface area contributed by atoms with Crippen molar-refractivity contribution in [2.75, 3.05) is 0 Å². The average molecular weight is 371 g/mol. The summed E-state index contributed by atoms with van der Waals surface area (Å²) in [5.41, 5.74) is 5.21. The molecule has 1 aliphatic rings. The van der Waals surface area contributed by atoms with Crippen LogP contribution in [0.5, 0.6) is 0 Å². The third-order valence-electron chi connectivity index (χ3n) is 6.12. The van der Waals surface area contributed by atoms with Crippen molar-refractivity contribution in [1.29, 1.82) is 0 Å². The van der Waals surface area contributed by atoms with Crippen molar-refractivity contribution < 1.29 is 8.78 Å². The fourth-order valence-electron chi connectivity index (χ4n) is 4.27. The van der Waals surface area contributed by atoms with E-state index in [9.17, 15) is 8.78 Å². The van der Waals surface area contributed by atoms with Crippen LogP contribution < -0.4 is 0 Å². The number of alkyl halides is 2. The lowest BCUT2D eigenvalue weighted by Crippen LogP contribution is -2.19. The summed E-state index contributed by atoms with van der Waals surface area (Å²) in [6.45, 7) is 2.24. The van der Waals surface area contributed by atoms with Crippen molar-refractivity contribution in [1.82, 2.24) is 0 Å². The molecule has 27 heavy (non-hydrogen) atoms. The van der Waals surface area contributed by atoms with Gasteiger partial charge >= 0.3 is 0 Å². The van der Waals surface area contributed by atoms with E-state index in [2.05, 4.69) is 55.5 Å². The first-order valence-electron chi connectivity index (χ1n) is 10.6. The third kappa shape index (κ3) is 5.64. The minimum Gasteiger partial charge on any atom is -0.210 e. The fraction of sp³-hybridized carbons (Fsp3) is 0.520. The first-order valence-corrected chi connectivity index (χ1v) is 10.6. The van der Waals surface area contributed by atoms with Gasteiger partial charge in [0.05, 0.1) is 0 Å². The summed E-state index contributed by atoms with van der Waals surface area (Å²) in [4.78, 5) is 0. The summed E-state index contributed by atoms with van der Waals surface area (Å²) in [6, 6.07) is 17.7. The molecular weight excluding hydrogens is 338 g/mol. The standard InChI is InChI=1S/C25H32F2/c1-2-3-4-5-6-19-7-9-20(10-8-19)21-11-13-22(14-12-21)23-15-17-24(18-16-23)25(26)27/h7-14,23-25H,2-6,15-18H2,1H3/t23-,24-. The van der Waals surface area contributed by atoms with Gasteiger partial charge < -0.3 is 0 Å². The second kappa shape index (κ2) is 10.0. The number of unbranched alkanes of at least 4 members (excludes halogenated alkanes) is 3. The minimum absolute atomic E-state index is 0.388. The molecule has 1 fully saturated rings. The number of hydrogen-bond donors (Lipinski definition) is 0. The number of benzene rings is 2. The third-order valence-corrected chi connectivity index (χ3v) is 6.12. The highest BCUT2D eigenvalue weighted by Gasteiger charge is 2.27. The molecule has 1 saturated carbocycles. The molecule has 0 atom stereocenters. The van der Waals surface area contributed by atoms with Gasteiger partial charge in [-0.05, 0) is 66.7 Å². The summed E-state index contributed by atoms with van der Waals surface area (Å²) >= 11 is 0. The lowest BCUT2D eigenvalue weighted by atomic mass is 9.78. The van der Waals surface area contributed by atoms with Crippen LogP contribution in [-0.4, -0.2) is 6.43 Å². The van der Waals surface area contributed by atoms with Gasteiger partial charge in [-0.1, -0.05) is 74.7 Å². The van der Waals surface area contributed by atoms with Gasteiger partial charge in [-0.15, -0.1) is 0 Å². The van der Waals surface area contributed by atoms with Gasteiger partial charge in [0, 0.05) is 5.92 Å². The summed E-state index contributed by atoms with van der Waals surface area (Å²) in [5.74, 6) is 0.0561. The Morgan fingerprint density at radius 3 is 1.93 bits per heavy atom. The Bertz CT molecular complexity index is 664. The van der Waals surface area contributed by atoms with Crippen molar-refractivity contribution in [3.05, 3.63) is 59.7 Å². The second-order valence-corrected chi connectivity index (χ2v) is 8.08. The van der Waals surface area contributed by atoms with E-state index in [0.717, 1.165) is 12.8 Å². The predicted molar refractivity (Wildman–Crippen MR) is 110 cm³/mol. The van der Waals surface area contributed by atoms with Crippen molar-refractivity contribution in [3.63, 3.8) is 0 Å². The average Bonchev–Trinajstić information content (AvgIpc) is 2.72. The lowest BCUT2D eigenvalue weighted by Gasteiger charge is -2.28. The highest BCUT2D eigenvalue weighted by molar-refractivity contribution is 5.64. The van der Waals surface area contributed by atoms with E-state index in [1.807, 2.05) is 0 Å². The van der Waals surface area contributed by atoms with Gasteiger partial charge in [0.25, 0.3) is 0 Å². The van der Waals surface area contributed by atoms with Crippen LogP contribution in [0.3, 0.4) is 0 Å². The summed E-state index contributed by atoms with van der Waals surface area (Å²) in [7, 11) is 0. The monoisotopic (exact) mass is 370 g/mol.